The van der Waals surface area contributed by atoms with Gasteiger partial charge < -0.3 is 19.4 Å². The maximum atomic E-state index is 12.7. The molecule has 0 saturated carbocycles. The van der Waals surface area contributed by atoms with Crippen molar-refractivity contribution in [1.29, 1.82) is 0 Å². The minimum atomic E-state index is 0.0190. The van der Waals surface area contributed by atoms with Crippen LogP contribution >= 0.6 is 0 Å². The average Bonchev–Trinajstić information content (AvgIpc) is 3.09. The van der Waals surface area contributed by atoms with E-state index >= 15 is 0 Å². The number of carbonyl (C=O) groups is 2. The lowest BCUT2D eigenvalue weighted by atomic mass is 9.81. The summed E-state index contributed by atoms with van der Waals surface area (Å²) in [4.78, 5) is 31.8. The van der Waals surface area contributed by atoms with Crippen LogP contribution in [-0.4, -0.2) is 57.4 Å². The lowest BCUT2D eigenvalue weighted by molar-refractivity contribution is -0.146. The molecule has 7 nitrogen and oxygen atoms in total. The number of hydrogen-bond donors (Lipinski definition) is 1. The fourth-order valence-corrected chi connectivity index (χ4v) is 4.95. The number of aryl methyl sites for hydroxylation is 1. The van der Waals surface area contributed by atoms with E-state index < -0.39 is 0 Å². The van der Waals surface area contributed by atoms with E-state index in [-0.39, 0.29) is 36.5 Å². The summed E-state index contributed by atoms with van der Waals surface area (Å²) in [5.74, 6) is 0.109. The molecule has 156 valence electrons. The van der Waals surface area contributed by atoms with Gasteiger partial charge in [0.2, 0.25) is 11.8 Å². The first kappa shape index (κ1) is 19.9. The average molecular weight is 399 g/mol. The van der Waals surface area contributed by atoms with Crippen molar-refractivity contribution in [1.82, 2.24) is 19.6 Å². The molecule has 2 aromatic rings. The summed E-state index contributed by atoms with van der Waals surface area (Å²) >= 11 is 0. The zero-order valence-corrected chi connectivity index (χ0v) is 17.3. The number of carbonyl (C=O) groups excluding carboxylic acids is 2. The smallest absolute Gasteiger partial charge is 0.249 e. The van der Waals surface area contributed by atoms with Crippen LogP contribution in [0.25, 0.3) is 5.65 Å². The van der Waals surface area contributed by atoms with Crippen molar-refractivity contribution in [2.75, 3.05) is 13.2 Å². The van der Waals surface area contributed by atoms with Crippen LogP contribution in [0.2, 0.25) is 0 Å². The molecule has 1 N–H and O–H groups in total. The highest BCUT2D eigenvalue weighted by molar-refractivity contribution is 5.80. The molecule has 2 amide bonds. The predicted molar refractivity (Wildman–Crippen MR) is 110 cm³/mol. The Morgan fingerprint density at radius 3 is 2.76 bits per heavy atom. The van der Waals surface area contributed by atoms with Crippen LogP contribution in [0, 0.1) is 6.92 Å². The molecule has 2 aliphatic heterocycles. The first-order chi connectivity index (χ1) is 14.1. The molecule has 4 rings (SSSR count). The molecular formula is C22H30N4O3. The second-order valence-corrected chi connectivity index (χ2v) is 8.22. The second kappa shape index (κ2) is 8.53. The highest BCUT2D eigenvalue weighted by Crippen LogP contribution is 2.34. The van der Waals surface area contributed by atoms with Crippen LogP contribution in [0.1, 0.15) is 50.3 Å². The van der Waals surface area contributed by atoms with Crippen molar-refractivity contribution in [3.8, 4) is 0 Å². The Morgan fingerprint density at radius 2 is 2.03 bits per heavy atom. The number of hydrogen-bond acceptors (Lipinski definition) is 4. The van der Waals surface area contributed by atoms with Gasteiger partial charge in [-0.05, 0) is 57.6 Å². The third kappa shape index (κ3) is 4.15. The van der Waals surface area contributed by atoms with Gasteiger partial charge in [-0.25, -0.2) is 4.98 Å². The van der Waals surface area contributed by atoms with Crippen molar-refractivity contribution in [3.05, 3.63) is 35.8 Å². The van der Waals surface area contributed by atoms with E-state index in [0.717, 1.165) is 49.0 Å². The van der Waals surface area contributed by atoms with Gasteiger partial charge in [-0.15, -0.1) is 0 Å². The summed E-state index contributed by atoms with van der Waals surface area (Å²) in [7, 11) is 0. The largest absolute Gasteiger partial charge is 0.372 e. The number of nitrogens with zero attached hydrogens (tertiary/aromatic N) is 3. The van der Waals surface area contributed by atoms with Gasteiger partial charge in [0, 0.05) is 37.1 Å². The van der Waals surface area contributed by atoms with E-state index in [1.165, 1.54) is 0 Å². The predicted octanol–water partition coefficient (Wildman–Crippen LogP) is 2.25. The molecule has 4 heterocycles. The van der Waals surface area contributed by atoms with E-state index in [1.807, 2.05) is 41.5 Å². The number of aromatic nitrogens is 2. The van der Waals surface area contributed by atoms with E-state index in [9.17, 15) is 9.59 Å². The minimum absolute atomic E-state index is 0.0190. The molecule has 0 radical (unpaired) electrons. The van der Waals surface area contributed by atoms with Crippen molar-refractivity contribution in [2.24, 2.45) is 0 Å². The highest BCUT2D eigenvalue weighted by Gasteiger charge is 2.41. The Kier molecular flexibility index (Phi) is 5.85. The standard InChI is InChI=1S/C22H30N4O3/c1-3-29-14-21(28)26-17-7-4-8-18(26)11-16(10-17)24-20(27)12-19-13-23-22-15(2)6-5-9-25(19)22/h5-6,9,13,16-18H,3-4,7-8,10-12,14H2,1-2H3,(H,24,27)/t16?,17-,18+. The van der Waals surface area contributed by atoms with Crippen molar-refractivity contribution >= 4 is 17.5 Å². The van der Waals surface area contributed by atoms with E-state index in [1.54, 1.807) is 6.20 Å². The summed E-state index contributed by atoms with van der Waals surface area (Å²) in [5, 5.41) is 3.22. The molecule has 0 aromatic carbocycles. The van der Waals surface area contributed by atoms with Gasteiger partial charge in [0.05, 0.1) is 12.1 Å². The van der Waals surface area contributed by atoms with Gasteiger partial charge in [-0.3, -0.25) is 9.59 Å². The highest BCUT2D eigenvalue weighted by atomic mass is 16.5. The molecule has 2 bridgehead atoms. The van der Waals surface area contributed by atoms with Crippen molar-refractivity contribution in [3.63, 3.8) is 0 Å². The van der Waals surface area contributed by atoms with E-state index in [2.05, 4.69) is 10.3 Å². The van der Waals surface area contributed by atoms with Crippen LogP contribution < -0.4 is 5.32 Å². The Hall–Kier alpha value is -2.41. The van der Waals surface area contributed by atoms with Crippen LogP contribution in [0.15, 0.2) is 24.5 Å². The van der Waals surface area contributed by atoms with Gasteiger partial charge in [0.25, 0.3) is 0 Å². The second-order valence-electron chi connectivity index (χ2n) is 8.22. The zero-order chi connectivity index (χ0) is 20.4. The summed E-state index contributed by atoms with van der Waals surface area (Å²) in [6.45, 7) is 4.64. The number of rotatable bonds is 6. The van der Waals surface area contributed by atoms with Crippen molar-refractivity contribution < 1.29 is 14.3 Å². The quantitative estimate of drug-likeness (QED) is 0.810. The first-order valence-corrected chi connectivity index (χ1v) is 10.7. The molecule has 1 unspecified atom stereocenters. The Morgan fingerprint density at radius 1 is 1.28 bits per heavy atom. The van der Waals surface area contributed by atoms with Crippen LogP contribution in [-0.2, 0) is 20.7 Å². The summed E-state index contributed by atoms with van der Waals surface area (Å²) in [6, 6.07) is 4.53. The molecule has 2 aliphatic rings. The number of fused-ring (bicyclic) bond motifs is 3. The third-order valence-corrected chi connectivity index (χ3v) is 6.21. The molecule has 0 spiro atoms. The van der Waals surface area contributed by atoms with Gasteiger partial charge in [-0.2, -0.15) is 0 Å². The molecule has 2 fully saturated rings. The van der Waals surface area contributed by atoms with Gasteiger partial charge >= 0.3 is 0 Å². The molecule has 7 heteroatoms. The number of piperidine rings is 2. The van der Waals surface area contributed by atoms with E-state index in [4.69, 9.17) is 4.74 Å². The maximum Gasteiger partial charge on any atom is 0.249 e. The molecule has 3 atom stereocenters. The van der Waals surface area contributed by atoms with Crippen LogP contribution in [0.5, 0.6) is 0 Å². The van der Waals surface area contributed by atoms with Crippen molar-refractivity contribution in [2.45, 2.75) is 70.5 Å². The first-order valence-electron chi connectivity index (χ1n) is 10.7. The number of pyridine rings is 1. The number of nitrogens with one attached hydrogen (secondary N) is 1. The molecular weight excluding hydrogens is 368 g/mol. The zero-order valence-electron chi connectivity index (χ0n) is 17.3. The minimum Gasteiger partial charge on any atom is -0.372 e. The lowest BCUT2D eigenvalue weighted by Crippen LogP contribution is -2.59. The number of ether oxygens (including phenoxy) is 1. The van der Waals surface area contributed by atoms with Gasteiger partial charge in [-0.1, -0.05) is 6.07 Å². The van der Waals surface area contributed by atoms with Gasteiger partial charge in [0.15, 0.2) is 0 Å². The summed E-state index contributed by atoms with van der Waals surface area (Å²) in [6.07, 6.45) is 8.86. The summed E-state index contributed by atoms with van der Waals surface area (Å²) in [5.41, 5.74) is 2.88. The topological polar surface area (TPSA) is 75.9 Å². The Bertz CT molecular complexity index is 879. The molecule has 2 saturated heterocycles. The van der Waals surface area contributed by atoms with E-state index in [0.29, 0.717) is 13.0 Å². The normalized spacial score (nSPS) is 23.9. The third-order valence-electron chi connectivity index (χ3n) is 6.21. The fourth-order valence-electron chi connectivity index (χ4n) is 4.95. The number of imidazole rings is 1. The Balaban J connectivity index is 1.38. The maximum absolute atomic E-state index is 12.7. The lowest BCUT2D eigenvalue weighted by Gasteiger charge is -2.49. The fraction of sp³-hybridized carbons (Fsp3) is 0.591. The van der Waals surface area contributed by atoms with Gasteiger partial charge in [0.1, 0.15) is 12.3 Å². The van der Waals surface area contributed by atoms with Crippen LogP contribution in [0.4, 0.5) is 0 Å². The molecule has 2 aromatic heterocycles. The monoisotopic (exact) mass is 398 g/mol. The summed E-state index contributed by atoms with van der Waals surface area (Å²) < 4.78 is 7.32. The van der Waals surface area contributed by atoms with Crippen LogP contribution in [0.3, 0.4) is 0 Å². The Labute approximate surface area is 171 Å². The number of amides is 2. The molecule has 29 heavy (non-hydrogen) atoms. The molecule has 0 aliphatic carbocycles. The SMILES string of the molecule is CCOCC(=O)N1[C@@H]2CCC[C@H]1CC(NC(=O)Cc1cnc3c(C)cccn13)C2.